The van der Waals surface area contributed by atoms with Crippen LogP contribution in [-0.2, 0) is 25.0 Å². The Hall–Kier alpha value is -2.70. The molecule has 16 bridgehead atoms. The maximum absolute atomic E-state index is 5.65. The van der Waals surface area contributed by atoms with E-state index in [4.69, 9.17) is 13.8 Å². The van der Waals surface area contributed by atoms with E-state index in [0.29, 0.717) is 28.1 Å². The molecular formula is C69H106N8O2S. The van der Waals surface area contributed by atoms with Crippen molar-refractivity contribution < 1.29 is 8.83 Å². The van der Waals surface area contributed by atoms with Crippen LogP contribution in [0.4, 0.5) is 0 Å². The van der Waals surface area contributed by atoms with Gasteiger partial charge in [0.25, 0.3) is 0 Å². The van der Waals surface area contributed by atoms with E-state index in [9.17, 15) is 0 Å². The van der Waals surface area contributed by atoms with Gasteiger partial charge in [0.1, 0.15) is 12.5 Å². The number of nitrogens with zero attached hydrogens (tertiary/aromatic N) is 4. The molecule has 3 aromatic heterocycles. The van der Waals surface area contributed by atoms with E-state index >= 15 is 0 Å². The molecule has 4 N–H and O–H groups in total. The van der Waals surface area contributed by atoms with Crippen molar-refractivity contribution >= 4 is 17.0 Å². The van der Waals surface area contributed by atoms with Gasteiger partial charge in [-0.25, -0.2) is 15.0 Å². The molecule has 16 saturated carbocycles. The molecule has 440 valence electrons. The third kappa shape index (κ3) is 12.6. The molecule has 0 radical (unpaired) electrons. The molecule has 11 heteroatoms. The zero-order valence-electron chi connectivity index (χ0n) is 51.3. The second-order valence-corrected chi connectivity index (χ2v) is 34.4. The molecule has 1 aliphatic heterocycles. The molecule has 0 saturated heterocycles. The fourth-order valence-electron chi connectivity index (χ4n) is 21.4. The highest BCUT2D eigenvalue weighted by Crippen LogP contribution is 2.59. The average molecular weight is 1110 g/mol. The molecule has 0 unspecified atom stereocenters. The summed E-state index contributed by atoms with van der Waals surface area (Å²) in [4.78, 5) is 19.8. The minimum absolute atomic E-state index is 0.00106. The van der Waals surface area contributed by atoms with E-state index in [-0.39, 0.29) is 10.8 Å². The van der Waals surface area contributed by atoms with E-state index < -0.39 is 0 Å². The Morgan fingerprint density at radius 2 is 0.863 bits per heavy atom. The van der Waals surface area contributed by atoms with Crippen molar-refractivity contribution in [1.82, 2.24) is 36.2 Å². The van der Waals surface area contributed by atoms with Gasteiger partial charge in [0.15, 0.2) is 11.8 Å². The van der Waals surface area contributed by atoms with E-state index in [0.717, 1.165) is 127 Å². The quantitative estimate of drug-likeness (QED) is 0.132. The number of thiazole rings is 1. The molecule has 16 fully saturated rings. The molecule has 3 aromatic rings. The number of allylic oxidation sites excluding steroid dienone is 1. The van der Waals surface area contributed by atoms with Gasteiger partial charge in [0.05, 0.1) is 22.9 Å². The summed E-state index contributed by atoms with van der Waals surface area (Å²) in [5, 5.41) is 16.9. The largest absolute Gasteiger partial charge is 0.448 e. The number of hydrogen-bond acceptors (Lipinski definition) is 11. The lowest BCUT2D eigenvalue weighted by Gasteiger charge is -2.57. The van der Waals surface area contributed by atoms with Gasteiger partial charge >= 0.3 is 0 Å². The van der Waals surface area contributed by atoms with Crippen molar-refractivity contribution in [3.63, 3.8) is 0 Å². The number of aliphatic imine (C=N–C) groups is 1. The molecule has 20 rings (SSSR count). The molecular weight excluding hydrogens is 1000 g/mol. The van der Waals surface area contributed by atoms with Crippen LogP contribution in [-0.4, -0.2) is 55.9 Å². The first-order valence-electron chi connectivity index (χ1n) is 33.2. The molecule has 0 amide bonds. The molecule has 16 aliphatic carbocycles. The van der Waals surface area contributed by atoms with Crippen molar-refractivity contribution in [3.05, 3.63) is 63.4 Å². The summed E-state index contributed by atoms with van der Waals surface area (Å²) in [7, 11) is 0. The van der Waals surface area contributed by atoms with Gasteiger partial charge in [-0.1, -0.05) is 55.4 Å². The lowest BCUT2D eigenvalue weighted by molar-refractivity contribution is -0.0209. The molecule has 0 atom stereocenters. The topological polar surface area (TPSA) is 125 Å². The number of nitrogens with one attached hydrogen (secondary N) is 4. The van der Waals surface area contributed by atoms with Gasteiger partial charge in [-0.15, -0.1) is 11.3 Å². The van der Waals surface area contributed by atoms with E-state index in [1.54, 1.807) is 0 Å². The van der Waals surface area contributed by atoms with Crippen LogP contribution in [0.5, 0.6) is 0 Å². The lowest BCUT2D eigenvalue weighted by Crippen LogP contribution is -2.58. The van der Waals surface area contributed by atoms with E-state index in [1.807, 2.05) is 30.1 Å². The highest BCUT2D eigenvalue weighted by atomic mass is 32.1. The third-order valence-electron chi connectivity index (χ3n) is 23.3. The number of rotatable bonds is 13. The Balaban J connectivity index is 0.000000101. The molecule has 10 nitrogen and oxygen atoms in total. The zero-order valence-corrected chi connectivity index (χ0v) is 52.2. The van der Waals surface area contributed by atoms with Crippen molar-refractivity contribution in [2.45, 2.75) is 270 Å². The summed E-state index contributed by atoms with van der Waals surface area (Å²) in [5.74, 6) is 14.3. The summed E-state index contributed by atoms with van der Waals surface area (Å²) >= 11 is 1.84. The van der Waals surface area contributed by atoms with Crippen molar-refractivity contribution in [2.75, 3.05) is 13.1 Å². The SMILES string of the molecule is CC(C)(C)C1=NCC(CNC23CC4CC(CC(C4)C2)C3)=C1.CC(C)(C)c1nc(CNC23CC4CC(CC(C4)C2)C3)co1.CC(C)c1nc(CNC23CC4CC(CC(C4)C2)C3)co1.Cc1ncc(CNC23CC4CC(CC(C4)C2)C3)s1. The van der Waals surface area contributed by atoms with Gasteiger partial charge in [-0.05, 0) is 244 Å². The van der Waals surface area contributed by atoms with Gasteiger partial charge in [0, 0.05) is 81.9 Å². The second-order valence-electron chi connectivity index (χ2n) is 33.0. The van der Waals surface area contributed by atoms with Crippen LogP contribution in [0.3, 0.4) is 0 Å². The first-order valence-corrected chi connectivity index (χ1v) is 34.0. The van der Waals surface area contributed by atoms with Crippen LogP contribution in [0.15, 0.2) is 44.2 Å². The summed E-state index contributed by atoms with van der Waals surface area (Å²) in [5.41, 5.74) is 6.93. The Morgan fingerprint density at radius 1 is 0.500 bits per heavy atom. The predicted molar refractivity (Wildman–Crippen MR) is 325 cm³/mol. The summed E-state index contributed by atoms with van der Waals surface area (Å²) in [6.07, 6.45) is 43.3. The van der Waals surface area contributed by atoms with Crippen LogP contribution in [0, 0.1) is 83.4 Å². The minimum atomic E-state index is -0.00106. The first kappa shape index (κ1) is 56.4. The van der Waals surface area contributed by atoms with Crippen LogP contribution in [0.25, 0.3) is 0 Å². The Kier molecular flexibility index (Phi) is 15.5. The number of oxazole rings is 2. The smallest absolute Gasteiger partial charge is 0.199 e. The van der Waals surface area contributed by atoms with Crippen LogP contribution < -0.4 is 21.3 Å². The van der Waals surface area contributed by atoms with Gasteiger partial charge in [0.2, 0.25) is 0 Å². The first-order chi connectivity index (χ1) is 38.2. The Labute approximate surface area is 487 Å². The van der Waals surface area contributed by atoms with Crippen molar-refractivity contribution in [1.29, 1.82) is 0 Å². The molecule has 0 spiro atoms. The van der Waals surface area contributed by atoms with Crippen LogP contribution in [0.2, 0.25) is 0 Å². The fourth-order valence-corrected chi connectivity index (χ4v) is 22.1. The number of aromatic nitrogens is 3. The predicted octanol–water partition coefficient (Wildman–Crippen LogP) is 15.4. The lowest BCUT2D eigenvalue weighted by atomic mass is 9.53. The highest BCUT2D eigenvalue weighted by molar-refractivity contribution is 7.11. The van der Waals surface area contributed by atoms with E-state index in [2.05, 4.69) is 105 Å². The maximum atomic E-state index is 5.65. The second kappa shape index (κ2) is 22.0. The average Bonchev–Trinajstić information content (AvgIpc) is 4.35. The number of aryl methyl sites for hydroxylation is 1. The summed E-state index contributed by atoms with van der Waals surface area (Å²) in [6.45, 7) is 24.4. The van der Waals surface area contributed by atoms with Crippen molar-refractivity contribution in [2.24, 2.45) is 81.4 Å². The minimum Gasteiger partial charge on any atom is -0.448 e. The Bertz CT molecular complexity index is 2550. The van der Waals surface area contributed by atoms with Gasteiger partial charge in [-0.2, -0.15) is 0 Å². The van der Waals surface area contributed by atoms with Crippen LogP contribution in [0.1, 0.15) is 248 Å². The standard InChI is InChI=1S/C19H30N2.C18H28N2O.C17H26N2O.C15H22N2S/c1-18(2,3)17-7-16(11-20-17)12-21-19-8-13-4-14(9-19)6-15(5-13)10-19;1-17(2,3)16-20-15(11-21-16)10-19-18-7-12-4-13(8-18)6-14(5-12)9-18;1-11(2)16-19-15(10-20-16)9-18-17-6-12-3-13(7-17)5-14(4-12)8-17;1-10-16-8-14(18-10)9-17-15-5-11-2-12(6-15)4-13(3-11)7-15/h7,13-15,21H,4-6,8-12H2,1-3H3;11-14,19H,4-10H2,1-3H3;10-14,18H,3-9H2,1-2H3;8,11-13,17H,2-7,9H2,1H3. The highest BCUT2D eigenvalue weighted by Gasteiger charge is 2.54. The summed E-state index contributed by atoms with van der Waals surface area (Å²) < 4.78 is 11.2. The molecule has 4 heterocycles. The normalized spacial score (nSPS) is 39.9. The Morgan fingerprint density at radius 3 is 1.18 bits per heavy atom. The van der Waals surface area contributed by atoms with Crippen LogP contribution >= 0.6 is 11.3 Å². The maximum Gasteiger partial charge on any atom is 0.199 e. The summed E-state index contributed by atoms with van der Waals surface area (Å²) in [6, 6.07) is 0. The van der Waals surface area contributed by atoms with E-state index in [1.165, 1.54) is 175 Å². The van der Waals surface area contributed by atoms with Crippen molar-refractivity contribution in [3.8, 4) is 0 Å². The molecule has 17 aliphatic rings. The zero-order chi connectivity index (χ0) is 55.2. The van der Waals surface area contributed by atoms with Gasteiger partial charge in [-0.3, -0.25) is 4.99 Å². The third-order valence-corrected chi connectivity index (χ3v) is 24.2. The number of hydrogen-bond donors (Lipinski definition) is 4. The fraction of sp³-hybridized carbons (Fsp3) is 0.826. The molecule has 80 heavy (non-hydrogen) atoms. The molecule has 0 aromatic carbocycles. The van der Waals surface area contributed by atoms with Gasteiger partial charge < -0.3 is 30.1 Å². The monoisotopic (exact) mass is 1110 g/mol.